The molecule has 0 amide bonds. The van der Waals surface area contributed by atoms with Crippen molar-refractivity contribution < 1.29 is 42.7 Å². The molecule has 0 aliphatic rings. The summed E-state index contributed by atoms with van der Waals surface area (Å²) < 4.78 is 0. The molecule has 0 unspecified atom stereocenters. The Morgan fingerprint density at radius 3 is 1.80 bits per heavy atom. The van der Waals surface area contributed by atoms with E-state index in [1.54, 1.807) is 0 Å². The van der Waals surface area contributed by atoms with Crippen molar-refractivity contribution in [2.75, 3.05) is 0 Å². The standard InChI is InChI=1S/CH2O3.Hg/c2-1(3)4;/h(H2,2,3,4);/q;+1/p-1. The minimum atomic E-state index is -2.08. The first-order chi connectivity index (χ1) is 1.73. The van der Waals surface area contributed by atoms with Crippen molar-refractivity contribution in [3.05, 3.63) is 0 Å². The predicted molar refractivity (Wildman–Crippen MR) is 8.02 cm³/mol. The molecular formula is CHHgO3. The normalized spacial score (nSPS) is 4.80. The Morgan fingerprint density at radius 2 is 1.80 bits per heavy atom. The van der Waals surface area contributed by atoms with Gasteiger partial charge in [-0.3, -0.25) is 0 Å². The maximum Gasteiger partial charge on any atom is 1.00 e. The van der Waals surface area contributed by atoms with Crippen LogP contribution in [0.5, 0.6) is 0 Å². The van der Waals surface area contributed by atoms with Gasteiger partial charge in [-0.25, -0.2) is 0 Å². The zero-order valence-electron chi connectivity index (χ0n) is 2.47. The van der Waals surface area contributed by atoms with E-state index in [4.69, 9.17) is 15.0 Å². The van der Waals surface area contributed by atoms with Gasteiger partial charge in [-0.1, -0.05) is 0 Å². The monoisotopic (exact) mass is 263 g/mol. The van der Waals surface area contributed by atoms with Crippen molar-refractivity contribution in [3.8, 4) is 0 Å². The molecule has 1 radical (unpaired) electrons. The molecule has 0 rings (SSSR count). The van der Waals surface area contributed by atoms with Crippen LogP contribution in [-0.4, -0.2) is 11.3 Å². The van der Waals surface area contributed by atoms with Crippen LogP contribution in [0.3, 0.4) is 0 Å². The third-order valence-corrected chi connectivity index (χ3v) is 0. The number of carbonyl (C=O) groups is 1. The van der Waals surface area contributed by atoms with Crippen LogP contribution in [0.2, 0.25) is 0 Å². The Bertz CT molecular complexity index is 29.9. The second-order valence-corrected chi connectivity index (χ2v) is 0.266. The molecule has 0 aromatic heterocycles. The summed E-state index contributed by atoms with van der Waals surface area (Å²) in [7, 11) is 0. The Balaban J connectivity index is 0. The maximum atomic E-state index is 8.44. The van der Waals surface area contributed by atoms with Gasteiger partial charge in [0.15, 0.2) is 0 Å². The van der Waals surface area contributed by atoms with Crippen LogP contribution >= 0.6 is 0 Å². The summed E-state index contributed by atoms with van der Waals surface area (Å²) in [6, 6.07) is 0. The molecular weight excluding hydrogens is 261 g/mol. The van der Waals surface area contributed by atoms with Gasteiger partial charge in [-0.15, -0.1) is 0 Å². The van der Waals surface area contributed by atoms with Crippen molar-refractivity contribution in [1.29, 1.82) is 0 Å². The number of rotatable bonds is 0. The van der Waals surface area contributed by atoms with E-state index < -0.39 is 6.16 Å². The first-order valence-corrected chi connectivity index (χ1v) is 0.632. The molecule has 0 aliphatic carbocycles. The molecule has 0 saturated heterocycles. The SMILES string of the molecule is O=C([O-])O.[Hg+]. The van der Waals surface area contributed by atoms with E-state index in [-0.39, 0.29) is 27.7 Å². The molecule has 0 aromatic carbocycles. The molecule has 0 aromatic rings. The van der Waals surface area contributed by atoms with Crippen molar-refractivity contribution in [2.24, 2.45) is 0 Å². The number of carboxylic acid groups (broad SMARTS) is 2. The van der Waals surface area contributed by atoms with Gasteiger partial charge in [0.25, 0.3) is 0 Å². The fourth-order valence-corrected chi connectivity index (χ4v) is 0. The summed E-state index contributed by atoms with van der Waals surface area (Å²) in [6.07, 6.45) is -2.08. The topological polar surface area (TPSA) is 60.4 Å². The third kappa shape index (κ3) is 486. The Labute approximate surface area is 49.1 Å². The van der Waals surface area contributed by atoms with Crippen molar-refractivity contribution >= 4 is 6.16 Å². The van der Waals surface area contributed by atoms with E-state index >= 15 is 0 Å². The van der Waals surface area contributed by atoms with E-state index in [1.165, 1.54) is 0 Å². The van der Waals surface area contributed by atoms with Gasteiger partial charge in [0, 0.05) is 0 Å². The summed E-state index contributed by atoms with van der Waals surface area (Å²) in [5, 5.41) is 15.3. The van der Waals surface area contributed by atoms with Crippen molar-refractivity contribution in [1.82, 2.24) is 0 Å². The number of hydrogen-bond acceptors (Lipinski definition) is 2. The molecule has 0 spiro atoms. The summed E-state index contributed by atoms with van der Waals surface area (Å²) in [6.45, 7) is 0. The van der Waals surface area contributed by atoms with Crippen molar-refractivity contribution in [3.63, 3.8) is 0 Å². The molecule has 0 aliphatic heterocycles. The van der Waals surface area contributed by atoms with Crippen LogP contribution < -0.4 is 5.11 Å². The van der Waals surface area contributed by atoms with Crippen LogP contribution in [0.1, 0.15) is 0 Å². The van der Waals surface area contributed by atoms with Gasteiger partial charge in [0.05, 0.1) is 0 Å². The first kappa shape index (κ1) is 8.96. The van der Waals surface area contributed by atoms with Gasteiger partial charge < -0.3 is 15.0 Å². The molecule has 0 atom stereocenters. The predicted octanol–water partition coefficient (Wildman–Crippen LogP) is -1.11. The van der Waals surface area contributed by atoms with Crippen LogP contribution in [0.4, 0.5) is 4.79 Å². The molecule has 5 heavy (non-hydrogen) atoms. The van der Waals surface area contributed by atoms with Gasteiger partial charge in [0.1, 0.15) is 0 Å². The van der Waals surface area contributed by atoms with Crippen LogP contribution in [0.15, 0.2) is 0 Å². The number of hydrogen-bond donors (Lipinski definition) is 1. The molecule has 1 N–H and O–H groups in total. The fraction of sp³-hybridized carbons (Fsp3) is 0. The average Bonchev–Trinajstić information content (AvgIpc) is 0.811. The molecule has 0 heterocycles. The van der Waals surface area contributed by atoms with Crippen LogP contribution in [-0.2, 0) is 27.7 Å². The van der Waals surface area contributed by atoms with Gasteiger partial charge >= 0.3 is 27.7 Å². The van der Waals surface area contributed by atoms with E-state index in [0.717, 1.165) is 0 Å². The smallest absolute Gasteiger partial charge is 0.565 e. The second-order valence-electron chi connectivity index (χ2n) is 0.266. The zero-order chi connectivity index (χ0) is 3.58. The molecule has 25 valence electrons. The fourth-order valence-electron chi connectivity index (χ4n) is 0. The van der Waals surface area contributed by atoms with Crippen LogP contribution in [0.25, 0.3) is 0 Å². The van der Waals surface area contributed by atoms with Gasteiger partial charge in [0.2, 0.25) is 6.16 Å². The minimum absolute atomic E-state index is 0. The second kappa shape index (κ2) is 4.21. The zero-order valence-corrected chi connectivity index (χ0v) is 7.97. The van der Waals surface area contributed by atoms with E-state index in [1.807, 2.05) is 0 Å². The molecule has 3 nitrogen and oxygen atoms in total. The Kier molecular flexibility index (Phi) is 7.54. The Morgan fingerprint density at radius 1 is 1.80 bits per heavy atom. The quantitative estimate of drug-likeness (QED) is 0.562. The largest absolute Gasteiger partial charge is 1.00 e. The van der Waals surface area contributed by atoms with E-state index in [9.17, 15) is 0 Å². The molecule has 4 heteroatoms. The molecule has 0 bridgehead atoms. The summed E-state index contributed by atoms with van der Waals surface area (Å²) in [5.41, 5.74) is 0. The third-order valence-electron chi connectivity index (χ3n) is 0. The maximum absolute atomic E-state index is 8.44. The minimum Gasteiger partial charge on any atom is -0.565 e. The van der Waals surface area contributed by atoms with E-state index in [2.05, 4.69) is 0 Å². The van der Waals surface area contributed by atoms with Gasteiger partial charge in [-0.05, 0) is 0 Å². The average molecular weight is 262 g/mol. The summed E-state index contributed by atoms with van der Waals surface area (Å²) in [5.74, 6) is 0. The summed E-state index contributed by atoms with van der Waals surface area (Å²) >= 11 is 0. The van der Waals surface area contributed by atoms with Crippen molar-refractivity contribution in [2.45, 2.75) is 0 Å². The first-order valence-electron chi connectivity index (χ1n) is 0.632. The Hall–Kier alpha value is 0.205. The summed E-state index contributed by atoms with van der Waals surface area (Å²) in [4.78, 5) is 8.44. The van der Waals surface area contributed by atoms with Gasteiger partial charge in [-0.2, -0.15) is 0 Å². The van der Waals surface area contributed by atoms with Crippen LogP contribution in [0, 0.1) is 0 Å². The van der Waals surface area contributed by atoms with E-state index in [0.29, 0.717) is 0 Å². The molecule has 0 saturated carbocycles. The molecule has 0 fully saturated rings.